The number of rotatable bonds is 8. The maximum Gasteiger partial charge on any atom is 0.459 e. The van der Waals surface area contributed by atoms with Crippen LogP contribution in [0.4, 0.5) is 61.5 Å². The van der Waals surface area contributed by atoms with Crippen molar-refractivity contribution >= 4 is 18.2 Å². The Hall–Kier alpha value is -0.540. The molecule has 0 saturated heterocycles. The van der Waals surface area contributed by atoms with Crippen LogP contribution < -0.4 is 0 Å². The Morgan fingerprint density at radius 2 is 0.815 bits per heavy atom. The summed E-state index contributed by atoms with van der Waals surface area (Å²) in [6.45, 7) is -12.4. The van der Waals surface area contributed by atoms with Gasteiger partial charge in [0.25, 0.3) is 0 Å². The predicted octanol–water partition coefficient (Wildman–Crippen LogP) is 6.03. The average molecular weight is 481 g/mol. The highest BCUT2D eigenvalue weighted by Crippen LogP contribution is 2.58. The fourth-order valence-electron chi connectivity index (χ4n) is 0.950. The van der Waals surface area contributed by atoms with Crippen LogP contribution in [0.3, 0.4) is 0 Å². The van der Waals surface area contributed by atoms with E-state index < -0.39 is 56.2 Å². The van der Waals surface area contributed by atoms with E-state index in [-0.39, 0.29) is 0 Å². The molecule has 0 aromatic carbocycles. The summed E-state index contributed by atoms with van der Waals surface area (Å²) in [5.41, 5.74) is 0. The lowest BCUT2D eigenvalue weighted by molar-refractivity contribution is -0.360. The third-order valence-corrected chi connectivity index (χ3v) is 3.89. The molecule has 0 fully saturated rings. The zero-order valence-electron chi connectivity index (χ0n) is 11.8. The van der Waals surface area contributed by atoms with Crippen molar-refractivity contribution in [2.45, 2.75) is 36.0 Å². The number of hydrogen-bond acceptors (Lipinski definition) is 3. The van der Waals surface area contributed by atoms with Gasteiger partial charge in [0.05, 0.1) is 0 Å². The van der Waals surface area contributed by atoms with Crippen molar-refractivity contribution in [1.29, 1.82) is 0 Å². The Bertz CT molecular complexity index is 524. The minimum Gasteiger partial charge on any atom is -0.290 e. The zero-order valence-corrected chi connectivity index (χ0v) is 13.4. The van der Waals surface area contributed by atoms with E-state index in [0.29, 0.717) is 0 Å². The molecule has 0 rings (SSSR count). The highest BCUT2D eigenvalue weighted by atomic mass is 35.7. The van der Waals surface area contributed by atoms with Crippen LogP contribution in [-0.4, -0.2) is 49.3 Å². The molecule has 0 aromatic rings. The van der Waals surface area contributed by atoms with Crippen LogP contribution >= 0.6 is 18.2 Å². The van der Waals surface area contributed by atoms with E-state index in [1.807, 2.05) is 0 Å². The maximum atomic E-state index is 12.8. The lowest BCUT2D eigenvalue weighted by Crippen LogP contribution is -2.54. The van der Waals surface area contributed by atoms with Gasteiger partial charge < -0.3 is 0 Å². The Morgan fingerprint density at radius 1 is 0.593 bits per heavy atom. The second kappa shape index (κ2) is 7.37. The first kappa shape index (κ1) is 26.5. The van der Waals surface area contributed by atoms with Crippen molar-refractivity contribution in [2.24, 2.45) is 0 Å². The molecule has 0 aromatic heterocycles. The van der Waals surface area contributed by atoms with Gasteiger partial charge in [-0.2, -0.15) is 61.5 Å². The highest BCUT2D eigenvalue weighted by molar-refractivity contribution is 7.81. The molecule has 0 saturated carbocycles. The fourth-order valence-corrected chi connectivity index (χ4v) is 1.95. The van der Waals surface area contributed by atoms with E-state index in [4.69, 9.17) is 0 Å². The van der Waals surface area contributed by atoms with Crippen molar-refractivity contribution < 1.29 is 75.1 Å². The average Bonchev–Trinajstić information content (AvgIpc) is 2.41. The molecule has 0 aliphatic carbocycles. The second-order valence-electron chi connectivity index (χ2n) is 4.53. The Balaban J connectivity index is 5.16. The lowest BCUT2D eigenvalue weighted by Gasteiger charge is -2.29. The van der Waals surface area contributed by atoms with Crippen molar-refractivity contribution in [1.82, 2.24) is 0 Å². The smallest absolute Gasteiger partial charge is 0.290 e. The van der Waals surface area contributed by atoms with E-state index in [9.17, 15) is 66.0 Å². The van der Waals surface area contributed by atoms with Crippen LogP contribution in [0.1, 0.15) is 0 Å². The summed E-state index contributed by atoms with van der Waals surface area (Å²) >= 11 is 4.47. The first-order valence-corrected chi connectivity index (χ1v) is 8.09. The Morgan fingerprint density at radius 3 is 1.00 bits per heavy atom. The third-order valence-electron chi connectivity index (χ3n) is 2.43. The van der Waals surface area contributed by atoms with Crippen LogP contribution in [-0.2, 0) is 13.6 Å². The van der Waals surface area contributed by atoms with Gasteiger partial charge in [0.1, 0.15) is 13.2 Å². The van der Waals surface area contributed by atoms with Crippen molar-refractivity contribution in [3.63, 3.8) is 0 Å². The summed E-state index contributed by atoms with van der Waals surface area (Å²) in [5, 5.41) is 0. The number of hydrogen-bond donors (Lipinski definition) is 0. The van der Waals surface area contributed by atoms with Gasteiger partial charge in [-0.3, -0.25) is 9.05 Å². The molecule has 0 aliphatic rings. The van der Waals surface area contributed by atoms with Crippen LogP contribution in [0.2, 0.25) is 0 Å². The molecule has 0 amide bonds. The van der Waals surface area contributed by atoms with Gasteiger partial charge in [-0.15, -0.1) is 0 Å². The van der Waals surface area contributed by atoms with Crippen LogP contribution in [0.25, 0.3) is 0 Å². The van der Waals surface area contributed by atoms with Gasteiger partial charge in [0.15, 0.2) is 0 Å². The molecule has 0 bridgehead atoms. The van der Waals surface area contributed by atoms with Crippen molar-refractivity contribution in [3.8, 4) is 0 Å². The van der Waals surface area contributed by atoms with Crippen molar-refractivity contribution in [2.75, 3.05) is 13.2 Å². The highest BCUT2D eigenvalue weighted by Gasteiger charge is 2.74. The third kappa shape index (κ3) is 5.73. The molecule has 3 nitrogen and oxygen atoms in total. The summed E-state index contributed by atoms with van der Waals surface area (Å²) in [4.78, 5) is 0. The summed E-state index contributed by atoms with van der Waals surface area (Å²) in [6.07, 6.45) is -13.7. The summed E-state index contributed by atoms with van der Waals surface area (Å²) in [5.74, 6) is -26.0. The van der Waals surface area contributed by atoms with Crippen LogP contribution in [0.5, 0.6) is 0 Å². The molecular formula is C8H4ClF14O3P. The van der Waals surface area contributed by atoms with Gasteiger partial charge in [-0.05, 0) is 0 Å². The SMILES string of the molecule is O=P(Cl)(OCC(F)(F)C(F)(F)C(F)(F)F)OCC(F)(F)C(F)(F)C(F)(F)F. The molecule has 0 radical (unpaired) electrons. The van der Waals surface area contributed by atoms with E-state index in [1.165, 1.54) is 0 Å². The quantitative estimate of drug-likeness (QED) is 0.314. The lowest BCUT2D eigenvalue weighted by atomic mass is 10.2. The molecular weight excluding hydrogens is 476 g/mol. The largest absolute Gasteiger partial charge is 0.459 e. The normalized spacial score (nSPS) is 16.0. The molecule has 0 aliphatic heterocycles. The van der Waals surface area contributed by atoms with Gasteiger partial charge in [0, 0.05) is 11.2 Å². The maximum absolute atomic E-state index is 12.8. The second-order valence-corrected chi connectivity index (χ2v) is 7.15. The van der Waals surface area contributed by atoms with Gasteiger partial charge in [-0.1, -0.05) is 0 Å². The first-order valence-electron chi connectivity index (χ1n) is 5.65. The molecule has 164 valence electrons. The van der Waals surface area contributed by atoms with E-state index >= 15 is 0 Å². The summed E-state index contributed by atoms with van der Waals surface area (Å²) in [6, 6.07) is 0. The van der Waals surface area contributed by atoms with E-state index in [0.717, 1.165) is 0 Å². The predicted molar refractivity (Wildman–Crippen MR) is 57.3 cm³/mol. The van der Waals surface area contributed by atoms with Gasteiger partial charge in [0.2, 0.25) is 0 Å². The molecule has 0 N–H and O–H groups in total. The minimum absolute atomic E-state index is 3.08. The number of alkyl halides is 14. The summed E-state index contributed by atoms with van der Waals surface area (Å²) < 4.78 is 189. The summed E-state index contributed by atoms with van der Waals surface area (Å²) in [7, 11) is 0. The Labute approximate surface area is 143 Å². The van der Waals surface area contributed by atoms with Crippen molar-refractivity contribution in [3.05, 3.63) is 0 Å². The minimum atomic E-state index is -6.86. The standard InChI is InChI=1S/C8H4ClF14O3P/c9-27(24,25-1-3(10,11)5(14,15)7(18,19)20)26-2-4(12,13)6(16,17)8(21,22)23/h1-2H2. The molecule has 0 heterocycles. The van der Waals surface area contributed by atoms with E-state index in [2.05, 4.69) is 20.3 Å². The van der Waals surface area contributed by atoms with Gasteiger partial charge in [-0.25, -0.2) is 4.57 Å². The van der Waals surface area contributed by atoms with Crippen LogP contribution in [0, 0.1) is 0 Å². The van der Waals surface area contributed by atoms with Gasteiger partial charge >= 0.3 is 43.0 Å². The zero-order chi connectivity index (χ0) is 22.3. The monoisotopic (exact) mass is 480 g/mol. The Kier molecular flexibility index (Phi) is 7.22. The molecule has 0 spiro atoms. The molecule has 27 heavy (non-hydrogen) atoms. The van der Waals surface area contributed by atoms with E-state index in [1.54, 1.807) is 0 Å². The first-order chi connectivity index (χ1) is 11.4. The molecule has 0 unspecified atom stereocenters. The fraction of sp³-hybridized carbons (Fsp3) is 1.00. The molecule has 19 heteroatoms. The number of halogens is 15. The van der Waals surface area contributed by atoms with Crippen LogP contribution in [0.15, 0.2) is 0 Å². The topological polar surface area (TPSA) is 35.5 Å². The molecule has 0 atom stereocenters.